The monoisotopic (exact) mass is 266 g/mol. The third kappa shape index (κ3) is 2.16. The molecule has 0 atom stereocenters. The molecule has 20 heavy (non-hydrogen) atoms. The largest absolute Gasteiger partial charge is 0.294 e. The molecule has 3 rings (SSSR count). The van der Waals surface area contributed by atoms with E-state index in [2.05, 4.69) is 25.1 Å². The zero-order valence-electron chi connectivity index (χ0n) is 10.6. The van der Waals surface area contributed by atoms with Gasteiger partial charge in [-0.1, -0.05) is 0 Å². The van der Waals surface area contributed by atoms with Crippen molar-refractivity contribution >= 4 is 0 Å². The Bertz CT molecular complexity index is 785. The van der Waals surface area contributed by atoms with Crippen molar-refractivity contribution in [3.05, 3.63) is 53.5 Å². The van der Waals surface area contributed by atoms with Gasteiger partial charge in [0.1, 0.15) is 12.0 Å². The zero-order chi connectivity index (χ0) is 13.9. The van der Waals surface area contributed by atoms with Gasteiger partial charge in [0, 0.05) is 31.1 Å². The Labute approximate surface area is 114 Å². The molecule has 3 aromatic heterocycles. The molecule has 7 nitrogen and oxygen atoms in total. The molecule has 0 aromatic carbocycles. The lowest BCUT2D eigenvalue weighted by molar-refractivity contribution is 0.822. The minimum absolute atomic E-state index is 0.174. The summed E-state index contributed by atoms with van der Waals surface area (Å²) in [6.07, 6.45) is 6.15. The van der Waals surface area contributed by atoms with Crippen LogP contribution in [0.15, 0.2) is 47.9 Å². The summed E-state index contributed by atoms with van der Waals surface area (Å²) in [6.45, 7) is 0. The van der Waals surface area contributed by atoms with E-state index in [-0.39, 0.29) is 5.56 Å². The fourth-order valence-electron chi connectivity index (χ4n) is 1.79. The fourth-order valence-corrected chi connectivity index (χ4v) is 1.79. The molecule has 0 aliphatic rings. The van der Waals surface area contributed by atoms with Gasteiger partial charge >= 0.3 is 0 Å². The maximum absolute atomic E-state index is 12.0. The van der Waals surface area contributed by atoms with Gasteiger partial charge in [-0.2, -0.15) is 0 Å². The molecule has 0 aliphatic heterocycles. The van der Waals surface area contributed by atoms with Crippen molar-refractivity contribution in [1.29, 1.82) is 0 Å². The molecule has 0 unspecified atom stereocenters. The molecule has 0 fully saturated rings. The maximum atomic E-state index is 12.0. The van der Waals surface area contributed by atoms with E-state index in [0.717, 1.165) is 5.56 Å². The third-order valence-electron chi connectivity index (χ3n) is 2.82. The first-order chi connectivity index (χ1) is 9.75. The van der Waals surface area contributed by atoms with E-state index in [4.69, 9.17) is 0 Å². The van der Waals surface area contributed by atoms with Crippen molar-refractivity contribution < 1.29 is 0 Å². The Kier molecular flexibility index (Phi) is 3.00. The first kappa shape index (κ1) is 12.1. The molecule has 0 spiro atoms. The quantitative estimate of drug-likeness (QED) is 0.678. The van der Waals surface area contributed by atoms with E-state index in [1.165, 1.54) is 23.2 Å². The molecule has 98 valence electrons. The van der Waals surface area contributed by atoms with E-state index in [9.17, 15) is 4.79 Å². The molecule has 0 bridgehead atoms. The van der Waals surface area contributed by atoms with Crippen molar-refractivity contribution in [3.8, 4) is 22.8 Å². The molecule has 3 aromatic rings. The summed E-state index contributed by atoms with van der Waals surface area (Å²) >= 11 is 0. The van der Waals surface area contributed by atoms with Crippen LogP contribution in [-0.2, 0) is 7.05 Å². The van der Waals surface area contributed by atoms with Crippen LogP contribution in [0.1, 0.15) is 0 Å². The van der Waals surface area contributed by atoms with Crippen LogP contribution >= 0.6 is 0 Å². The normalized spacial score (nSPS) is 10.4. The molecule has 0 radical (unpaired) electrons. The van der Waals surface area contributed by atoms with Gasteiger partial charge in [-0.25, -0.2) is 9.97 Å². The minimum Gasteiger partial charge on any atom is -0.294 e. The number of aromatic nitrogens is 6. The van der Waals surface area contributed by atoms with Gasteiger partial charge in [0.05, 0.1) is 11.9 Å². The number of rotatable bonds is 2. The number of hydrogen-bond donors (Lipinski definition) is 0. The minimum atomic E-state index is -0.174. The van der Waals surface area contributed by atoms with Crippen molar-refractivity contribution in [2.45, 2.75) is 0 Å². The summed E-state index contributed by atoms with van der Waals surface area (Å²) in [7, 11) is 1.63. The summed E-state index contributed by atoms with van der Waals surface area (Å²) in [5, 5.41) is 7.65. The summed E-state index contributed by atoms with van der Waals surface area (Å²) < 4.78 is 1.41. The van der Waals surface area contributed by atoms with Gasteiger partial charge in [-0.3, -0.25) is 14.3 Å². The molecule has 7 heteroatoms. The predicted molar refractivity (Wildman–Crippen MR) is 71.5 cm³/mol. The van der Waals surface area contributed by atoms with Crippen LogP contribution in [0.4, 0.5) is 0 Å². The molecular formula is C13H10N6O. The predicted octanol–water partition coefficient (Wildman–Crippen LogP) is 0.694. The van der Waals surface area contributed by atoms with Crippen LogP contribution < -0.4 is 5.56 Å². The van der Waals surface area contributed by atoms with Gasteiger partial charge in [0.25, 0.3) is 5.56 Å². The number of hydrogen-bond acceptors (Lipinski definition) is 6. The summed E-state index contributed by atoms with van der Waals surface area (Å²) in [5.74, 6) is 0.421. The van der Waals surface area contributed by atoms with Crippen molar-refractivity contribution in [2.24, 2.45) is 7.05 Å². The average Bonchev–Trinajstić information content (AvgIpc) is 2.51. The summed E-state index contributed by atoms with van der Waals surface area (Å²) in [4.78, 5) is 24.4. The van der Waals surface area contributed by atoms with Crippen molar-refractivity contribution in [1.82, 2.24) is 29.7 Å². The Morgan fingerprint density at radius 2 is 1.90 bits per heavy atom. The molecule has 0 aliphatic carbocycles. The lowest BCUT2D eigenvalue weighted by Crippen LogP contribution is -2.20. The number of nitrogens with zero attached hydrogens (tertiary/aromatic N) is 6. The van der Waals surface area contributed by atoms with E-state index in [1.54, 1.807) is 31.6 Å². The summed E-state index contributed by atoms with van der Waals surface area (Å²) in [6, 6.07) is 5.06. The first-order valence-corrected chi connectivity index (χ1v) is 5.87. The molecule has 0 saturated heterocycles. The lowest BCUT2D eigenvalue weighted by atomic mass is 10.2. The van der Waals surface area contributed by atoms with Crippen molar-refractivity contribution in [2.75, 3.05) is 0 Å². The Morgan fingerprint density at radius 1 is 1.10 bits per heavy atom. The highest BCUT2D eigenvalue weighted by Gasteiger charge is 2.11. The van der Waals surface area contributed by atoms with Crippen LogP contribution in [0, 0.1) is 0 Å². The standard InChI is InChI=1S/C13H10N6O/c1-19-12(20)6-10(9-2-4-14-5-3-9)17-13(19)11-7-15-8-16-18-11/h2-8H,1H3. The van der Waals surface area contributed by atoms with E-state index < -0.39 is 0 Å². The fraction of sp³-hybridized carbons (Fsp3) is 0.0769. The van der Waals surface area contributed by atoms with Gasteiger partial charge in [-0.05, 0) is 12.1 Å². The van der Waals surface area contributed by atoms with Crippen LogP contribution in [0.25, 0.3) is 22.8 Å². The average molecular weight is 266 g/mol. The van der Waals surface area contributed by atoms with Crippen molar-refractivity contribution in [3.63, 3.8) is 0 Å². The maximum Gasteiger partial charge on any atom is 0.254 e. The zero-order valence-corrected chi connectivity index (χ0v) is 10.6. The summed E-state index contributed by atoms with van der Waals surface area (Å²) in [5.41, 5.74) is 1.66. The van der Waals surface area contributed by atoms with E-state index in [1.807, 2.05) is 0 Å². The third-order valence-corrected chi connectivity index (χ3v) is 2.82. The highest BCUT2D eigenvalue weighted by Crippen LogP contribution is 2.17. The SMILES string of the molecule is Cn1c(-c2cncnn2)nc(-c2ccncc2)cc1=O. The Hall–Kier alpha value is -2.96. The van der Waals surface area contributed by atoms with Crippen LogP contribution in [0.3, 0.4) is 0 Å². The Morgan fingerprint density at radius 3 is 2.60 bits per heavy atom. The highest BCUT2D eigenvalue weighted by molar-refractivity contribution is 5.61. The van der Waals surface area contributed by atoms with Crippen LogP contribution in [0.2, 0.25) is 0 Å². The smallest absolute Gasteiger partial charge is 0.254 e. The molecular weight excluding hydrogens is 256 g/mol. The van der Waals surface area contributed by atoms with Crippen LogP contribution in [0.5, 0.6) is 0 Å². The second-order valence-electron chi connectivity index (χ2n) is 4.09. The topological polar surface area (TPSA) is 86.4 Å². The van der Waals surface area contributed by atoms with Gasteiger partial charge in [-0.15, -0.1) is 10.2 Å². The van der Waals surface area contributed by atoms with E-state index >= 15 is 0 Å². The second-order valence-corrected chi connectivity index (χ2v) is 4.09. The van der Waals surface area contributed by atoms with E-state index in [0.29, 0.717) is 17.2 Å². The highest BCUT2D eigenvalue weighted by atomic mass is 16.1. The Balaban J connectivity index is 2.22. The number of pyridine rings is 1. The van der Waals surface area contributed by atoms with Gasteiger partial charge in [0.15, 0.2) is 5.82 Å². The first-order valence-electron chi connectivity index (χ1n) is 5.87. The van der Waals surface area contributed by atoms with Crippen LogP contribution in [-0.4, -0.2) is 29.7 Å². The molecule has 0 N–H and O–H groups in total. The second kappa shape index (κ2) is 4.96. The molecule has 0 amide bonds. The lowest BCUT2D eigenvalue weighted by Gasteiger charge is -2.08. The molecule has 3 heterocycles. The molecule has 0 saturated carbocycles. The van der Waals surface area contributed by atoms with Gasteiger partial charge < -0.3 is 0 Å². The van der Waals surface area contributed by atoms with Gasteiger partial charge in [0.2, 0.25) is 0 Å².